The maximum atomic E-state index is 12.8. The molecule has 0 amide bonds. The van der Waals surface area contributed by atoms with Crippen LogP contribution in [0.4, 0.5) is 0 Å². The summed E-state index contributed by atoms with van der Waals surface area (Å²) < 4.78 is 26.9. The normalized spacial score (nSPS) is 13.2. The molecular weight excluding hydrogens is 383 g/mol. The molecule has 0 fully saturated rings. The number of hydrogen-bond donors (Lipinski definition) is 1. The fourth-order valence-electron chi connectivity index (χ4n) is 2.40. The minimum absolute atomic E-state index is 0.0246. The van der Waals surface area contributed by atoms with Gasteiger partial charge in [-0.2, -0.15) is 4.31 Å². The molecule has 1 heterocycles. The Morgan fingerprint density at radius 1 is 1.24 bits per heavy atom. The lowest BCUT2D eigenvalue weighted by Gasteiger charge is -2.24. The molecule has 1 atom stereocenters. The molecule has 5 nitrogen and oxygen atoms in total. The number of aliphatic hydroxyl groups excluding tert-OH is 1. The van der Waals surface area contributed by atoms with E-state index in [2.05, 4.69) is 4.98 Å². The molecule has 0 bridgehead atoms. The van der Waals surface area contributed by atoms with Gasteiger partial charge in [-0.25, -0.2) is 8.42 Å². The summed E-state index contributed by atoms with van der Waals surface area (Å²) in [5.41, 5.74) is 1.12. The minimum Gasteiger partial charge on any atom is -0.387 e. The number of aromatic nitrogens is 1. The molecular formula is C17H20Cl2N2O3S. The van der Waals surface area contributed by atoms with Crippen LogP contribution in [0.25, 0.3) is 0 Å². The summed E-state index contributed by atoms with van der Waals surface area (Å²) in [6.07, 6.45) is 2.82. The quantitative estimate of drug-likeness (QED) is 0.730. The summed E-state index contributed by atoms with van der Waals surface area (Å²) in [6.45, 7) is 2.18. The Morgan fingerprint density at radius 3 is 2.60 bits per heavy atom. The fourth-order valence-corrected chi connectivity index (χ4v) is 4.33. The number of benzene rings is 1. The van der Waals surface area contributed by atoms with E-state index < -0.39 is 16.1 Å². The zero-order chi connectivity index (χ0) is 18.4. The maximum absolute atomic E-state index is 12.8. The molecule has 1 unspecified atom stereocenters. The van der Waals surface area contributed by atoms with E-state index in [1.807, 2.05) is 6.92 Å². The lowest BCUT2D eigenvalue weighted by Crippen LogP contribution is -2.36. The van der Waals surface area contributed by atoms with E-state index in [-0.39, 0.29) is 12.3 Å². The van der Waals surface area contributed by atoms with Crippen LogP contribution >= 0.6 is 23.2 Å². The number of nitrogens with zero attached hydrogens (tertiary/aromatic N) is 2. The second kappa shape index (κ2) is 8.96. The van der Waals surface area contributed by atoms with Crippen LogP contribution in [0, 0.1) is 0 Å². The third-order valence-corrected chi connectivity index (χ3v) is 6.20. The summed E-state index contributed by atoms with van der Waals surface area (Å²) in [7, 11) is -3.62. The highest BCUT2D eigenvalue weighted by Gasteiger charge is 2.25. The van der Waals surface area contributed by atoms with Gasteiger partial charge in [0.1, 0.15) is 0 Å². The molecule has 8 heteroatoms. The third-order valence-electron chi connectivity index (χ3n) is 3.65. The molecule has 25 heavy (non-hydrogen) atoms. The Labute approximate surface area is 158 Å². The number of rotatable bonds is 8. The number of sulfonamides is 1. The molecule has 0 radical (unpaired) electrons. The van der Waals surface area contributed by atoms with Crippen LogP contribution < -0.4 is 0 Å². The lowest BCUT2D eigenvalue weighted by atomic mass is 10.1. The van der Waals surface area contributed by atoms with E-state index in [9.17, 15) is 13.5 Å². The van der Waals surface area contributed by atoms with Crippen molar-refractivity contribution in [3.8, 4) is 0 Å². The minimum atomic E-state index is -3.62. The molecule has 0 aliphatic rings. The molecule has 2 aromatic rings. The summed E-state index contributed by atoms with van der Waals surface area (Å²) in [5.74, 6) is -0.205. The highest BCUT2D eigenvalue weighted by Crippen LogP contribution is 2.25. The third kappa shape index (κ3) is 5.66. The average Bonchev–Trinajstić information content (AvgIpc) is 2.58. The van der Waals surface area contributed by atoms with Crippen LogP contribution in [0.3, 0.4) is 0 Å². The molecule has 0 saturated carbocycles. The SMILES string of the molecule is CCCN(CC(O)c1cccnc1)S(=O)(=O)Cc1ccc(Cl)c(Cl)c1. The van der Waals surface area contributed by atoms with Crippen molar-refractivity contribution in [3.05, 3.63) is 63.9 Å². The highest BCUT2D eigenvalue weighted by molar-refractivity contribution is 7.88. The van der Waals surface area contributed by atoms with Gasteiger partial charge >= 0.3 is 0 Å². The van der Waals surface area contributed by atoms with Crippen LogP contribution in [0.15, 0.2) is 42.7 Å². The Balaban J connectivity index is 2.17. The van der Waals surface area contributed by atoms with Gasteiger partial charge in [-0.15, -0.1) is 0 Å². The topological polar surface area (TPSA) is 70.5 Å². The number of halogens is 2. The zero-order valence-corrected chi connectivity index (χ0v) is 16.1. The van der Waals surface area contributed by atoms with Crippen LogP contribution in [0.5, 0.6) is 0 Å². The van der Waals surface area contributed by atoms with Crippen molar-refractivity contribution in [2.75, 3.05) is 13.1 Å². The first-order chi connectivity index (χ1) is 11.8. The van der Waals surface area contributed by atoms with E-state index in [0.29, 0.717) is 34.1 Å². The Hall–Kier alpha value is -1.18. The van der Waals surface area contributed by atoms with Crippen LogP contribution in [0.1, 0.15) is 30.6 Å². The Morgan fingerprint density at radius 2 is 2.00 bits per heavy atom. The second-order valence-corrected chi connectivity index (χ2v) is 8.45. The van der Waals surface area contributed by atoms with Crippen LogP contribution in [-0.4, -0.2) is 35.9 Å². The first-order valence-corrected chi connectivity index (χ1v) is 10.2. The monoisotopic (exact) mass is 402 g/mol. The van der Waals surface area contributed by atoms with Gasteiger partial charge in [0.2, 0.25) is 10.0 Å². The van der Waals surface area contributed by atoms with Crippen molar-refractivity contribution in [1.29, 1.82) is 0 Å². The van der Waals surface area contributed by atoms with E-state index in [1.54, 1.807) is 36.5 Å². The van der Waals surface area contributed by atoms with E-state index in [0.717, 1.165) is 0 Å². The first-order valence-electron chi connectivity index (χ1n) is 7.83. The summed E-state index contributed by atoms with van der Waals surface area (Å²) in [4.78, 5) is 3.95. The first kappa shape index (κ1) is 20.1. The van der Waals surface area contributed by atoms with Crippen molar-refractivity contribution >= 4 is 33.2 Å². The maximum Gasteiger partial charge on any atom is 0.218 e. The van der Waals surface area contributed by atoms with E-state index in [1.165, 1.54) is 10.5 Å². The molecule has 0 saturated heterocycles. The van der Waals surface area contributed by atoms with Crippen molar-refractivity contribution in [3.63, 3.8) is 0 Å². The molecule has 0 spiro atoms. The van der Waals surface area contributed by atoms with Crippen molar-refractivity contribution in [2.24, 2.45) is 0 Å². The number of hydrogen-bond acceptors (Lipinski definition) is 4. The van der Waals surface area contributed by atoms with Gasteiger partial charge in [0.05, 0.1) is 21.9 Å². The van der Waals surface area contributed by atoms with Gasteiger partial charge < -0.3 is 5.11 Å². The molecule has 1 N–H and O–H groups in total. The standard InChI is InChI=1S/C17H20Cl2N2O3S/c1-2-8-21(11-17(22)14-4-3-7-20-10-14)25(23,24)12-13-5-6-15(18)16(19)9-13/h3-7,9-10,17,22H,2,8,11-12H2,1H3. The summed E-state index contributed by atoms with van der Waals surface area (Å²) in [6, 6.07) is 8.17. The van der Waals surface area contributed by atoms with Gasteiger partial charge in [-0.3, -0.25) is 4.98 Å². The van der Waals surface area contributed by atoms with Crippen molar-refractivity contribution in [1.82, 2.24) is 9.29 Å². The van der Waals surface area contributed by atoms with Crippen molar-refractivity contribution < 1.29 is 13.5 Å². The Kier molecular flexibility index (Phi) is 7.22. The molecule has 1 aromatic carbocycles. The lowest BCUT2D eigenvalue weighted by molar-refractivity contribution is 0.147. The molecule has 0 aliphatic carbocycles. The van der Waals surface area contributed by atoms with Gasteiger partial charge in [0.15, 0.2) is 0 Å². The van der Waals surface area contributed by atoms with E-state index in [4.69, 9.17) is 23.2 Å². The summed E-state index contributed by atoms with van der Waals surface area (Å²) in [5, 5.41) is 11.0. The van der Waals surface area contributed by atoms with Crippen LogP contribution in [-0.2, 0) is 15.8 Å². The van der Waals surface area contributed by atoms with Gasteiger partial charge in [0, 0.05) is 31.0 Å². The van der Waals surface area contributed by atoms with Crippen LogP contribution in [0.2, 0.25) is 10.0 Å². The Bertz CT molecular complexity index is 801. The average molecular weight is 403 g/mol. The zero-order valence-electron chi connectivity index (χ0n) is 13.8. The second-order valence-electron chi connectivity index (χ2n) is 5.66. The molecule has 0 aliphatic heterocycles. The predicted octanol–water partition coefficient (Wildman–Crippen LogP) is 3.66. The molecule has 1 aromatic heterocycles. The van der Waals surface area contributed by atoms with Gasteiger partial charge in [-0.1, -0.05) is 42.3 Å². The summed E-state index contributed by atoms with van der Waals surface area (Å²) >= 11 is 11.8. The fraction of sp³-hybridized carbons (Fsp3) is 0.353. The van der Waals surface area contributed by atoms with Gasteiger partial charge in [-0.05, 0) is 30.2 Å². The molecule has 2 rings (SSSR count). The highest BCUT2D eigenvalue weighted by atomic mass is 35.5. The molecule has 136 valence electrons. The predicted molar refractivity (Wildman–Crippen MR) is 100 cm³/mol. The largest absolute Gasteiger partial charge is 0.387 e. The van der Waals surface area contributed by atoms with Crippen molar-refractivity contribution in [2.45, 2.75) is 25.2 Å². The number of pyridine rings is 1. The smallest absolute Gasteiger partial charge is 0.218 e. The van der Waals surface area contributed by atoms with Gasteiger partial charge in [0.25, 0.3) is 0 Å². The van der Waals surface area contributed by atoms with E-state index >= 15 is 0 Å². The number of aliphatic hydroxyl groups is 1.